The highest BCUT2D eigenvalue weighted by Gasteiger charge is 2.09. The van der Waals surface area contributed by atoms with Crippen LogP contribution in [0.3, 0.4) is 0 Å². The van der Waals surface area contributed by atoms with Crippen LogP contribution in [0.1, 0.15) is 0 Å². The first-order valence-corrected chi connectivity index (χ1v) is 6.65. The van der Waals surface area contributed by atoms with Crippen molar-refractivity contribution in [2.75, 3.05) is 0 Å². The minimum atomic E-state index is 0.694. The maximum absolute atomic E-state index is 5.37. The van der Waals surface area contributed by atoms with E-state index >= 15 is 0 Å². The van der Waals surface area contributed by atoms with Crippen LogP contribution < -0.4 is 0 Å². The molecule has 0 saturated carbocycles. The number of fused-ring (bicyclic) bond motifs is 2. The van der Waals surface area contributed by atoms with E-state index in [1.165, 1.54) is 21.9 Å². The van der Waals surface area contributed by atoms with Gasteiger partial charge in [0, 0.05) is 17.0 Å². The zero-order valence-electron chi connectivity index (χ0n) is 9.46. The van der Waals surface area contributed by atoms with E-state index in [-0.39, 0.29) is 0 Å². The van der Waals surface area contributed by atoms with Crippen molar-refractivity contribution in [2.24, 2.45) is 0 Å². The molecule has 86 valence electrons. The molecule has 0 saturated heterocycles. The standard InChI is InChI=1S/C15H9NOS/c1-2-10-8-18-9-14(10)11(3-1)12-4-6-16-15-13(12)5-7-17-15/h1-9H. The number of hydrogen-bond donors (Lipinski definition) is 0. The van der Waals surface area contributed by atoms with Gasteiger partial charge >= 0.3 is 0 Å². The molecular formula is C15H9NOS. The summed E-state index contributed by atoms with van der Waals surface area (Å²) in [6, 6.07) is 10.4. The average molecular weight is 251 g/mol. The average Bonchev–Trinajstić information content (AvgIpc) is 3.06. The molecule has 3 heteroatoms. The molecular weight excluding hydrogens is 242 g/mol. The Hall–Kier alpha value is -2.13. The molecule has 0 spiro atoms. The van der Waals surface area contributed by atoms with E-state index in [0.29, 0.717) is 5.71 Å². The van der Waals surface area contributed by atoms with Gasteiger partial charge in [-0.15, -0.1) is 0 Å². The van der Waals surface area contributed by atoms with Crippen molar-refractivity contribution >= 4 is 33.2 Å². The molecule has 0 bridgehead atoms. The molecule has 18 heavy (non-hydrogen) atoms. The highest BCUT2D eigenvalue weighted by molar-refractivity contribution is 7.09. The predicted molar refractivity (Wildman–Crippen MR) is 74.8 cm³/mol. The van der Waals surface area contributed by atoms with Gasteiger partial charge in [0.25, 0.3) is 0 Å². The van der Waals surface area contributed by atoms with Crippen LogP contribution in [-0.2, 0) is 0 Å². The summed E-state index contributed by atoms with van der Waals surface area (Å²) in [6.07, 6.45) is 3.49. The zero-order valence-corrected chi connectivity index (χ0v) is 10.3. The van der Waals surface area contributed by atoms with Crippen LogP contribution in [0.2, 0.25) is 0 Å². The summed E-state index contributed by atoms with van der Waals surface area (Å²) in [6.45, 7) is 0. The van der Waals surface area contributed by atoms with Crippen molar-refractivity contribution in [3.63, 3.8) is 0 Å². The van der Waals surface area contributed by atoms with Gasteiger partial charge < -0.3 is 4.42 Å². The summed E-state index contributed by atoms with van der Waals surface area (Å²) in [7, 11) is 0. The fraction of sp³-hybridized carbons (Fsp3) is 0. The fourth-order valence-corrected chi connectivity index (χ4v) is 3.16. The van der Waals surface area contributed by atoms with Crippen molar-refractivity contribution in [3.8, 4) is 11.1 Å². The normalized spacial score (nSPS) is 11.3. The molecule has 2 nitrogen and oxygen atoms in total. The number of aromatic nitrogens is 1. The van der Waals surface area contributed by atoms with E-state index in [4.69, 9.17) is 4.42 Å². The molecule has 0 fully saturated rings. The third kappa shape index (κ3) is 1.31. The maximum atomic E-state index is 5.37. The molecule has 0 N–H and O–H groups in total. The lowest BCUT2D eigenvalue weighted by Crippen LogP contribution is -1.81. The van der Waals surface area contributed by atoms with Gasteiger partial charge in [-0.1, -0.05) is 18.2 Å². The lowest BCUT2D eigenvalue weighted by molar-refractivity contribution is 0.603. The Bertz CT molecular complexity index is 772. The lowest BCUT2D eigenvalue weighted by Gasteiger charge is -2.04. The van der Waals surface area contributed by atoms with Crippen LogP contribution in [0, 0.1) is 0 Å². The van der Waals surface area contributed by atoms with Crippen molar-refractivity contribution in [1.82, 2.24) is 4.98 Å². The van der Waals surface area contributed by atoms with Gasteiger partial charge in [0.2, 0.25) is 5.71 Å². The number of hydrogen-bond acceptors (Lipinski definition) is 3. The number of rotatable bonds is 1. The van der Waals surface area contributed by atoms with Gasteiger partial charge in [-0.25, -0.2) is 4.98 Å². The number of thiophene rings is 1. The fourth-order valence-electron chi connectivity index (χ4n) is 2.34. The Kier molecular flexibility index (Phi) is 2.02. The summed E-state index contributed by atoms with van der Waals surface area (Å²) in [5.41, 5.74) is 3.11. The molecule has 0 atom stereocenters. The molecule has 0 aliphatic carbocycles. The quantitative estimate of drug-likeness (QED) is 0.489. The Morgan fingerprint density at radius 1 is 0.944 bits per heavy atom. The predicted octanol–water partition coefficient (Wildman–Crippen LogP) is 4.71. The van der Waals surface area contributed by atoms with Crippen molar-refractivity contribution in [1.29, 1.82) is 0 Å². The second kappa shape index (κ2) is 3.68. The van der Waals surface area contributed by atoms with Crippen LogP contribution in [0.15, 0.2) is 58.0 Å². The topological polar surface area (TPSA) is 26.0 Å². The van der Waals surface area contributed by atoms with Crippen LogP contribution in [0.5, 0.6) is 0 Å². The summed E-state index contributed by atoms with van der Waals surface area (Å²) < 4.78 is 5.37. The van der Waals surface area contributed by atoms with Gasteiger partial charge in [0.05, 0.1) is 6.26 Å². The molecule has 0 aliphatic heterocycles. The summed E-state index contributed by atoms with van der Waals surface area (Å²) >= 11 is 1.73. The highest BCUT2D eigenvalue weighted by atomic mass is 32.1. The monoisotopic (exact) mass is 251 g/mol. The van der Waals surface area contributed by atoms with E-state index in [1.54, 1.807) is 23.8 Å². The molecule has 1 aromatic carbocycles. The Morgan fingerprint density at radius 3 is 2.89 bits per heavy atom. The second-order valence-electron chi connectivity index (χ2n) is 4.18. The molecule has 0 radical (unpaired) electrons. The molecule has 3 aromatic heterocycles. The van der Waals surface area contributed by atoms with Gasteiger partial charge in [0.15, 0.2) is 0 Å². The van der Waals surface area contributed by atoms with E-state index in [1.807, 2.05) is 12.1 Å². The number of benzene rings is 1. The minimum Gasteiger partial charge on any atom is -0.446 e. The van der Waals surface area contributed by atoms with Crippen LogP contribution in [0.4, 0.5) is 0 Å². The Labute approximate surface area is 108 Å². The van der Waals surface area contributed by atoms with Gasteiger partial charge in [0.1, 0.15) is 0 Å². The van der Waals surface area contributed by atoms with Crippen molar-refractivity contribution < 1.29 is 4.42 Å². The van der Waals surface area contributed by atoms with Crippen LogP contribution in [0.25, 0.3) is 33.0 Å². The van der Waals surface area contributed by atoms with Crippen molar-refractivity contribution in [2.45, 2.75) is 0 Å². The Balaban J connectivity index is 2.13. The third-order valence-corrected chi connectivity index (χ3v) is 3.94. The maximum Gasteiger partial charge on any atom is 0.226 e. The highest BCUT2D eigenvalue weighted by Crippen LogP contribution is 2.34. The molecule has 4 rings (SSSR count). The third-order valence-electron chi connectivity index (χ3n) is 3.18. The first-order chi connectivity index (χ1) is 8.93. The van der Waals surface area contributed by atoms with Crippen LogP contribution >= 0.6 is 11.3 Å². The largest absolute Gasteiger partial charge is 0.446 e. The SMILES string of the molecule is c1cc(-c2ccnc3occc23)c2cscc2c1. The smallest absolute Gasteiger partial charge is 0.226 e. The summed E-state index contributed by atoms with van der Waals surface area (Å²) in [5, 5.41) is 8.00. The summed E-state index contributed by atoms with van der Waals surface area (Å²) in [4.78, 5) is 4.23. The number of pyridine rings is 1. The van der Waals surface area contributed by atoms with Gasteiger partial charge in [-0.05, 0) is 39.4 Å². The Morgan fingerprint density at radius 2 is 1.89 bits per heavy atom. The number of nitrogens with zero attached hydrogens (tertiary/aromatic N) is 1. The molecule has 3 heterocycles. The molecule has 0 aliphatic rings. The second-order valence-corrected chi connectivity index (χ2v) is 4.92. The molecule has 0 amide bonds. The minimum absolute atomic E-state index is 0.694. The van der Waals surface area contributed by atoms with Gasteiger partial charge in [-0.3, -0.25) is 0 Å². The molecule has 0 unspecified atom stereocenters. The van der Waals surface area contributed by atoms with E-state index < -0.39 is 0 Å². The first kappa shape index (κ1) is 9.85. The molecule has 4 aromatic rings. The van der Waals surface area contributed by atoms with E-state index in [9.17, 15) is 0 Å². The number of furan rings is 1. The summed E-state index contributed by atoms with van der Waals surface area (Å²) in [5.74, 6) is 0. The first-order valence-electron chi connectivity index (χ1n) is 5.71. The van der Waals surface area contributed by atoms with Gasteiger partial charge in [-0.2, -0.15) is 11.3 Å². The van der Waals surface area contributed by atoms with Crippen molar-refractivity contribution in [3.05, 3.63) is 53.6 Å². The van der Waals surface area contributed by atoms with Crippen LogP contribution in [-0.4, -0.2) is 4.98 Å². The zero-order chi connectivity index (χ0) is 11.9. The van der Waals surface area contributed by atoms with E-state index in [2.05, 4.69) is 33.9 Å². The lowest BCUT2D eigenvalue weighted by atomic mass is 10.00. The van der Waals surface area contributed by atoms with E-state index in [0.717, 1.165) is 5.39 Å².